The molecule has 0 aliphatic rings. The highest BCUT2D eigenvalue weighted by Crippen LogP contribution is 2.13. The number of aliphatic hydroxyl groups is 1. The average molecular weight is 355 g/mol. The number of aryl methyl sites for hydroxylation is 1. The molecule has 3 amide bonds. The maximum absolute atomic E-state index is 12.3. The van der Waals surface area contributed by atoms with Crippen LogP contribution in [0.25, 0.3) is 0 Å². The molecule has 0 fully saturated rings. The number of hydrogen-bond acceptors (Lipinski definition) is 3. The van der Waals surface area contributed by atoms with E-state index in [1.165, 1.54) is 0 Å². The maximum Gasteiger partial charge on any atom is 0.315 e. The van der Waals surface area contributed by atoms with Crippen LogP contribution in [0.4, 0.5) is 10.5 Å². The van der Waals surface area contributed by atoms with Gasteiger partial charge in [0.1, 0.15) is 0 Å². The molecule has 1 atom stereocenters. The molecular formula is C20H25N3O3. The highest BCUT2D eigenvalue weighted by atomic mass is 16.3. The van der Waals surface area contributed by atoms with Crippen LogP contribution in [-0.2, 0) is 6.54 Å². The SMILES string of the molecule is Cc1ccc(C(=O)Nc2cccc(CNC(=O)NCC(C)CO)c2)cc1. The number of rotatable bonds is 7. The lowest BCUT2D eigenvalue weighted by atomic mass is 10.1. The van der Waals surface area contributed by atoms with Crippen LogP contribution in [0.3, 0.4) is 0 Å². The largest absolute Gasteiger partial charge is 0.396 e. The van der Waals surface area contributed by atoms with Crippen molar-refractivity contribution in [3.63, 3.8) is 0 Å². The van der Waals surface area contributed by atoms with E-state index in [2.05, 4.69) is 16.0 Å². The van der Waals surface area contributed by atoms with E-state index >= 15 is 0 Å². The predicted molar refractivity (Wildman–Crippen MR) is 102 cm³/mol. The van der Waals surface area contributed by atoms with Crippen LogP contribution in [0.15, 0.2) is 48.5 Å². The van der Waals surface area contributed by atoms with Crippen molar-refractivity contribution < 1.29 is 14.7 Å². The first-order chi connectivity index (χ1) is 12.5. The average Bonchev–Trinajstić information content (AvgIpc) is 2.65. The van der Waals surface area contributed by atoms with Gasteiger partial charge in [0.05, 0.1) is 0 Å². The lowest BCUT2D eigenvalue weighted by molar-refractivity contribution is 0.102. The molecule has 26 heavy (non-hydrogen) atoms. The Kier molecular flexibility index (Phi) is 7.17. The minimum atomic E-state index is -0.292. The summed E-state index contributed by atoms with van der Waals surface area (Å²) < 4.78 is 0. The number of aliphatic hydroxyl groups excluding tert-OH is 1. The van der Waals surface area contributed by atoms with E-state index < -0.39 is 0 Å². The smallest absolute Gasteiger partial charge is 0.315 e. The van der Waals surface area contributed by atoms with E-state index in [1.54, 1.807) is 18.2 Å². The number of carbonyl (C=O) groups excluding carboxylic acids is 2. The van der Waals surface area contributed by atoms with Crippen LogP contribution in [-0.4, -0.2) is 30.2 Å². The summed E-state index contributed by atoms with van der Waals surface area (Å²) in [6.45, 7) is 4.60. The number of nitrogens with one attached hydrogen (secondary N) is 3. The topological polar surface area (TPSA) is 90.5 Å². The summed E-state index contributed by atoms with van der Waals surface area (Å²) in [5.74, 6) is -0.160. The summed E-state index contributed by atoms with van der Waals surface area (Å²) in [6, 6.07) is 14.4. The van der Waals surface area contributed by atoms with Crippen molar-refractivity contribution in [1.29, 1.82) is 0 Å². The summed E-state index contributed by atoms with van der Waals surface area (Å²) >= 11 is 0. The Bertz CT molecular complexity index is 744. The van der Waals surface area contributed by atoms with E-state index in [0.29, 0.717) is 24.3 Å². The normalized spacial score (nSPS) is 11.5. The van der Waals surface area contributed by atoms with Gasteiger partial charge in [-0.25, -0.2) is 4.79 Å². The third-order valence-electron chi connectivity index (χ3n) is 3.87. The Balaban J connectivity index is 1.88. The molecule has 138 valence electrons. The van der Waals surface area contributed by atoms with Crippen molar-refractivity contribution >= 4 is 17.6 Å². The van der Waals surface area contributed by atoms with Crippen LogP contribution < -0.4 is 16.0 Å². The lowest BCUT2D eigenvalue weighted by Gasteiger charge is -2.12. The van der Waals surface area contributed by atoms with Gasteiger partial charge >= 0.3 is 6.03 Å². The van der Waals surface area contributed by atoms with E-state index in [1.807, 2.05) is 44.2 Å². The Morgan fingerprint density at radius 2 is 1.81 bits per heavy atom. The van der Waals surface area contributed by atoms with Crippen molar-refractivity contribution in [2.45, 2.75) is 20.4 Å². The molecule has 0 bridgehead atoms. The summed E-state index contributed by atoms with van der Waals surface area (Å²) in [5.41, 5.74) is 3.24. The third kappa shape index (κ3) is 6.22. The molecule has 0 saturated carbocycles. The fraction of sp³-hybridized carbons (Fsp3) is 0.300. The minimum Gasteiger partial charge on any atom is -0.396 e. The first-order valence-corrected chi connectivity index (χ1v) is 8.57. The number of anilines is 1. The molecule has 6 heteroatoms. The van der Waals surface area contributed by atoms with Crippen LogP contribution >= 0.6 is 0 Å². The van der Waals surface area contributed by atoms with Crippen LogP contribution in [0.1, 0.15) is 28.4 Å². The van der Waals surface area contributed by atoms with Crippen molar-refractivity contribution in [3.8, 4) is 0 Å². The zero-order valence-corrected chi connectivity index (χ0v) is 15.1. The zero-order chi connectivity index (χ0) is 18.9. The summed E-state index contributed by atoms with van der Waals surface area (Å²) in [4.78, 5) is 24.0. The number of hydrogen-bond donors (Lipinski definition) is 4. The molecule has 0 aromatic heterocycles. The Labute approximate surface area is 153 Å². The van der Waals surface area contributed by atoms with Gasteiger partial charge in [-0.1, -0.05) is 36.8 Å². The van der Waals surface area contributed by atoms with E-state index in [9.17, 15) is 9.59 Å². The Morgan fingerprint density at radius 3 is 2.50 bits per heavy atom. The highest BCUT2D eigenvalue weighted by Gasteiger charge is 2.07. The first-order valence-electron chi connectivity index (χ1n) is 8.57. The maximum atomic E-state index is 12.3. The monoisotopic (exact) mass is 355 g/mol. The molecule has 0 aliphatic carbocycles. The molecule has 0 spiro atoms. The number of amides is 3. The molecule has 0 saturated heterocycles. The van der Waals surface area contributed by atoms with E-state index in [0.717, 1.165) is 11.1 Å². The van der Waals surface area contributed by atoms with Gasteiger partial charge in [0.15, 0.2) is 0 Å². The Morgan fingerprint density at radius 1 is 1.08 bits per heavy atom. The van der Waals surface area contributed by atoms with Gasteiger partial charge in [-0.05, 0) is 42.7 Å². The van der Waals surface area contributed by atoms with Crippen LogP contribution in [0.2, 0.25) is 0 Å². The van der Waals surface area contributed by atoms with Gasteiger partial charge in [-0.15, -0.1) is 0 Å². The van der Waals surface area contributed by atoms with Gasteiger partial charge in [0.2, 0.25) is 0 Å². The second-order valence-corrected chi connectivity index (χ2v) is 6.37. The fourth-order valence-electron chi connectivity index (χ4n) is 2.24. The molecule has 6 nitrogen and oxygen atoms in total. The number of urea groups is 1. The van der Waals surface area contributed by atoms with Gasteiger partial charge < -0.3 is 21.1 Å². The van der Waals surface area contributed by atoms with Gasteiger partial charge in [0.25, 0.3) is 5.91 Å². The highest BCUT2D eigenvalue weighted by molar-refractivity contribution is 6.04. The van der Waals surface area contributed by atoms with Gasteiger partial charge in [0, 0.05) is 30.9 Å². The fourth-order valence-corrected chi connectivity index (χ4v) is 2.24. The zero-order valence-electron chi connectivity index (χ0n) is 15.1. The first kappa shape index (κ1) is 19.5. The molecule has 2 aromatic rings. The molecule has 2 aromatic carbocycles. The molecule has 0 radical (unpaired) electrons. The standard InChI is InChI=1S/C20H25N3O3/c1-14-6-8-17(9-7-14)19(25)23-18-5-3-4-16(10-18)12-22-20(26)21-11-15(2)13-24/h3-10,15,24H,11-13H2,1-2H3,(H,23,25)(H2,21,22,26). The lowest BCUT2D eigenvalue weighted by Crippen LogP contribution is -2.38. The third-order valence-corrected chi connectivity index (χ3v) is 3.87. The van der Waals surface area contributed by atoms with Crippen LogP contribution in [0.5, 0.6) is 0 Å². The number of carbonyl (C=O) groups is 2. The quantitative estimate of drug-likeness (QED) is 0.615. The molecule has 0 aliphatic heterocycles. The van der Waals surface area contributed by atoms with Gasteiger partial charge in [-0.2, -0.15) is 0 Å². The van der Waals surface area contributed by atoms with Crippen molar-refractivity contribution in [1.82, 2.24) is 10.6 Å². The molecular weight excluding hydrogens is 330 g/mol. The van der Waals surface area contributed by atoms with Crippen molar-refractivity contribution in [2.24, 2.45) is 5.92 Å². The second kappa shape index (κ2) is 9.58. The Hall–Kier alpha value is -2.86. The van der Waals surface area contributed by atoms with Gasteiger partial charge in [-0.3, -0.25) is 4.79 Å². The molecule has 2 rings (SSSR count). The van der Waals surface area contributed by atoms with Crippen molar-refractivity contribution in [3.05, 3.63) is 65.2 Å². The summed E-state index contributed by atoms with van der Waals surface area (Å²) in [7, 11) is 0. The summed E-state index contributed by atoms with van der Waals surface area (Å²) in [5, 5.41) is 17.3. The second-order valence-electron chi connectivity index (χ2n) is 6.37. The van der Waals surface area contributed by atoms with Crippen molar-refractivity contribution in [2.75, 3.05) is 18.5 Å². The minimum absolute atomic E-state index is 0.0149. The molecule has 4 N–H and O–H groups in total. The van der Waals surface area contributed by atoms with E-state index in [-0.39, 0.29) is 24.5 Å². The molecule has 0 heterocycles. The summed E-state index contributed by atoms with van der Waals surface area (Å²) in [6.07, 6.45) is 0. The predicted octanol–water partition coefficient (Wildman–Crippen LogP) is 2.67. The van der Waals surface area contributed by atoms with Crippen LogP contribution in [0, 0.1) is 12.8 Å². The number of benzene rings is 2. The van der Waals surface area contributed by atoms with E-state index in [4.69, 9.17) is 5.11 Å². The molecule has 1 unspecified atom stereocenters.